The summed E-state index contributed by atoms with van der Waals surface area (Å²) in [6.45, 7) is 3.99. The topological polar surface area (TPSA) is 70.5 Å². The maximum Gasteiger partial charge on any atom is 0.308 e. The molecular formula is C12H14N2O3. The molecule has 17 heavy (non-hydrogen) atoms. The van der Waals surface area contributed by atoms with Crippen LogP contribution in [0.25, 0.3) is 0 Å². The molecule has 0 radical (unpaired) electrons. The summed E-state index contributed by atoms with van der Waals surface area (Å²) in [5.74, 6) is -1.17. The summed E-state index contributed by atoms with van der Waals surface area (Å²) in [5.41, 5.74) is 1.84. The third-order valence-corrected chi connectivity index (χ3v) is 2.84. The predicted molar refractivity (Wildman–Crippen MR) is 61.8 cm³/mol. The number of aryl methyl sites for hydroxylation is 2. The molecule has 1 aliphatic heterocycles. The van der Waals surface area contributed by atoms with Crippen molar-refractivity contribution in [1.29, 1.82) is 0 Å². The van der Waals surface area contributed by atoms with Gasteiger partial charge in [0, 0.05) is 18.7 Å². The number of carboxylic acids is 1. The van der Waals surface area contributed by atoms with Crippen molar-refractivity contribution < 1.29 is 14.7 Å². The molecule has 2 heterocycles. The fraction of sp³-hybridized carbons (Fsp3) is 0.417. The Morgan fingerprint density at radius 3 is 2.71 bits per heavy atom. The number of pyridine rings is 1. The maximum absolute atomic E-state index is 11.7. The Morgan fingerprint density at radius 1 is 1.47 bits per heavy atom. The van der Waals surface area contributed by atoms with E-state index in [0.29, 0.717) is 5.82 Å². The van der Waals surface area contributed by atoms with Gasteiger partial charge in [0.25, 0.3) is 0 Å². The summed E-state index contributed by atoms with van der Waals surface area (Å²) in [5, 5.41) is 8.91. The lowest BCUT2D eigenvalue weighted by Gasteiger charge is -2.16. The summed E-state index contributed by atoms with van der Waals surface area (Å²) in [4.78, 5) is 28.3. The van der Waals surface area contributed by atoms with E-state index in [2.05, 4.69) is 4.98 Å². The van der Waals surface area contributed by atoms with E-state index in [1.807, 2.05) is 19.9 Å². The number of rotatable bonds is 2. The van der Waals surface area contributed by atoms with E-state index >= 15 is 0 Å². The third-order valence-electron chi connectivity index (χ3n) is 2.84. The Kier molecular flexibility index (Phi) is 2.83. The van der Waals surface area contributed by atoms with Gasteiger partial charge >= 0.3 is 5.97 Å². The average molecular weight is 234 g/mol. The second-order valence-corrected chi connectivity index (χ2v) is 4.39. The van der Waals surface area contributed by atoms with Crippen molar-refractivity contribution in [2.75, 3.05) is 11.4 Å². The van der Waals surface area contributed by atoms with Gasteiger partial charge in [0.05, 0.1) is 5.92 Å². The number of carboxylic acid groups (broad SMARTS) is 1. The smallest absolute Gasteiger partial charge is 0.308 e. The number of hydrogen-bond acceptors (Lipinski definition) is 3. The minimum Gasteiger partial charge on any atom is -0.481 e. The number of anilines is 1. The van der Waals surface area contributed by atoms with Crippen LogP contribution in [0.4, 0.5) is 5.82 Å². The van der Waals surface area contributed by atoms with Crippen LogP contribution in [0.15, 0.2) is 12.1 Å². The number of carbonyl (C=O) groups is 2. The molecule has 90 valence electrons. The van der Waals surface area contributed by atoms with Gasteiger partial charge in [-0.05, 0) is 31.5 Å². The Bertz CT molecular complexity index is 464. The molecule has 1 aromatic heterocycles. The number of hydrogen-bond donors (Lipinski definition) is 1. The summed E-state index contributed by atoms with van der Waals surface area (Å²) in [6, 6.07) is 3.72. The fourth-order valence-corrected chi connectivity index (χ4v) is 2.05. The zero-order valence-corrected chi connectivity index (χ0v) is 9.80. The molecule has 0 bridgehead atoms. The maximum atomic E-state index is 11.7. The van der Waals surface area contributed by atoms with Gasteiger partial charge in [-0.2, -0.15) is 0 Å². The van der Waals surface area contributed by atoms with Crippen molar-refractivity contribution >= 4 is 17.7 Å². The molecule has 1 amide bonds. The van der Waals surface area contributed by atoms with E-state index < -0.39 is 11.9 Å². The first-order valence-corrected chi connectivity index (χ1v) is 5.46. The average Bonchev–Trinajstić information content (AvgIpc) is 2.59. The largest absolute Gasteiger partial charge is 0.481 e. The van der Waals surface area contributed by atoms with Crippen molar-refractivity contribution in [2.45, 2.75) is 20.3 Å². The molecule has 1 N–H and O–H groups in total. The summed E-state index contributed by atoms with van der Waals surface area (Å²) in [6.07, 6.45) is 0.0595. The second-order valence-electron chi connectivity index (χ2n) is 4.39. The molecule has 1 aromatic rings. The van der Waals surface area contributed by atoms with Crippen LogP contribution < -0.4 is 4.90 Å². The predicted octanol–water partition coefficient (Wildman–Crippen LogP) is 1.14. The van der Waals surface area contributed by atoms with E-state index in [-0.39, 0.29) is 18.9 Å². The van der Waals surface area contributed by atoms with Gasteiger partial charge in [-0.3, -0.25) is 14.5 Å². The van der Waals surface area contributed by atoms with E-state index in [9.17, 15) is 9.59 Å². The van der Waals surface area contributed by atoms with Crippen LogP contribution in [-0.4, -0.2) is 28.5 Å². The van der Waals surface area contributed by atoms with Crippen molar-refractivity contribution in [1.82, 2.24) is 4.98 Å². The standard InChI is InChI=1S/C12H14N2O3/c1-7-3-8(2)13-10(4-7)14-6-9(12(16)17)5-11(14)15/h3-4,9H,5-6H2,1-2H3,(H,16,17). The third kappa shape index (κ3) is 2.27. The highest BCUT2D eigenvalue weighted by atomic mass is 16.4. The minimum absolute atomic E-state index is 0.0595. The Labute approximate surface area is 99.1 Å². The van der Waals surface area contributed by atoms with Gasteiger partial charge in [0.15, 0.2) is 0 Å². The molecule has 5 heteroatoms. The van der Waals surface area contributed by atoms with Crippen LogP contribution in [-0.2, 0) is 9.59 Å². The molecule has 0 saturated carbocycles. The van der Waals surface area contributed by atoms with Crippen LogP contribution in [0, 0.1) is 19.8 Å². The van der Waals surface area contributed by atoms with Gasteiger partial charge < -0.3 is 5.11 Å². The van der Waals surface area contributed by atoms with Crippen molar-refractivity contribution in [3.8, 4) is 0 Å². The molecule has 0 aliphatic carbocycles. The first kappa shape index (κ1) is 11.6. The Balaban J connectivity index is 2.28. The zero-order valence-electron chi connectivity index (χ0n) is 9.80. The van der Waals surface area contributed by atoms with Crippen LogP contribution in [0.2, 0.25) is 0 Å². The second kappa shape index (κ2) is 4.16. The van der Waals surface area contributed by atoms with Crippen molar-refractivity contribution in [3.05, 3.63) is 23.4 Å². The molecule has 1 aliphatic rings. The van der Waals surface area contributed by atoms with Gasteiger partial charge in [-0.1, -0.05) is 0 Å². The van der Waals surface area contributed by atoms with Crippen LogP contribution in [0.3, 0.4) is 0 Å². The highest BCUT2D eigenvalue weighted by Crippen LogP contribution is 2.24. The van der Waals surface area contributed by atoms with Gasteiger partial charge in [0.1, 0.15) is 5.82 Å². The molecule has 0 aromatic carbocycles. The highest BCUT2D eigenvalue weighted by Gasteiger charge is 2.35. The molecular weight excluding hydrogens is 220 g/mol. The number of nitrogens with zero attached hydrogens (tertiary/aromatic N) is 2. The monoisotopic (exact) mass is 234 g/mol. The normalized spacial score (nSPS) is 19.8. The molecule has 1 unspecified atom stereocenters. The number of aromatic nitrogens is 1. The lowest BCUT2D eigenvalue weighted by molar-refractivity contribution is -0.141. The lowest BCUT2D eigenvalue weighted by Crippen LogP contribution is -2.26. The van der Waals surface area contributed by atoms with Gasteiger partial charge in [-0.15, -0.1) is 0 Å². The van der Waals surface area contributed by atoms with E-state index in [4.69, 9.17) is 5.11 Å². The lowest BCUT2D eigenvalue weighted by atomic mass is 10.1. The zero-order chi connectivity index (χ0) is 12.6. The molecule has 2 rings (SSSR count). The van der Waals surface area contributed by atoms with E-state index in [1.165, 1.54) is 4.90 Å². The molecule has 0 spiro atoms. The quantitative estimate of drug-likeness (QED) is 0.832. The Hall–Kier alpha value is -1.91. The Morgan fingerprint density at radius 2 is 2.18 bits per heavy atom. The van der Waals surface area contributed by atoms with E-state index in [1.54, 1.807) is 6.07 Å². The first-order valence-electron chi connectivity index (χ1n) is 5.46. The van der Waals surface area contributed by atoms with Gasteiger partial charge in [0.2, 0.25) is 5.91 Å². The number of carbonyl (C=O) groups excluding carboxylic acids is 1. The number of amides is 1. The molecule has 1 atom stereocenters. The van der Waals surface area contributed by atoms with Crippen LogP contribution in [0.5, 0.6) is 0 Å². The highest BCUT2D eigenvalue weighted by molar-refractivity contribution is 5.98. The van der Waals surface area contributed by atoms with Crippen LogP contribution >= 0.6 is 0 Å². The van der Waals surface area contributed by atoms with E-state index in [0.717, 1.165) is 11.3 Å². The fourth-order valence-electron chi connectivity index (χ4n) is 2.05. The summed E-state index contributed by atoms with van der Waals surface area (Å²) < 4.78 is 0. The first-order chi connectivity index (χ1) is 7.97. The minimum atomic E-state index is -0.926. The SMILES string of the molecule is Cc1cc(C)nc(N2CC(C(=O)O)CC2=O)c1. The molecule has 1 fully saturated rings. The van der Waals surface area contributed by atoms with Crippen molar-refractivity contribution in [2.24, 2.45) is 5.92 Å². The molecule has 5 nitrogen and oxygen atoms in total. The summed E-state index contributed by atoms with van der Waals surface area (Å²) >= 11 is 0. The van der Waals surface area contributed by atoms with Gasteiger partial charge in [-0.25, -0.2) is 4.98 Å². The molecule has 1 saturated heterocycles. The van der Waals surface area contributed by atoms with Crippen LogP contribution in [0.1, 0.15) is 17.7 Å². The van der Waals surface area contributed by atoms with Crippen molar-refractivity contribution in [3.63, 3.8) is 0 Å². The summed E-state index contributed by atoms with van der Waals surface area (Å²) in [7, 11) is 0. The number of aliphatic carboxylic acids is 1.